The monoisotopic (exact) mass is 267 g/mol. The number of nitrogens with zero attached hydrogens (tertiary/aromatic N) is 2. The van der Waals surface area contributed by atoms with E-state index in [9.17, 15) is 4.39 Å². The van der Waals surface area contributed by atoms with Crippen molar-refractivity contribution in [2.75, 3.05) is 18.0 Å². The van der Waals surface area contributed by atoms with Crippen LogP contribution in [0.4, 0.5) is 10.1 Å². The first-order valence-corrected chi connectivity index (χ1v) is 6.19. The molecule has 1 aromatic rings. The van der Waals surface area contributed by atoms with Crippen molar-refractivity contribution in [2.24, 2.45) is 10.9 Å². The van der Waals surface area contributed by atoms with Gasteiger partial charge in [-0.2, -0.15) is 0 Å². The van der Waals surface area contributed by atoms with E-state index < -0.39 is 5.82 Å². The van der Waals surface area contributed by atoms with Crippen LogP contribution in [0.2, 0.25) is 0 Å². The molecule has 0 spiro atoms. The lowest BCUT2D eigenvalue weighted by Crippen LogP contribution is -2.46. The fraction of sp³-hybridized carbons (Fsp3) is 0.462. The second kappa shape index (κ2) is 5.44. The predicted octanol–water partition coefficient (Wildman–Crippen LogP) is 1.53. The van der Waals surface area contributed by atoms with Crippen LogP contribution in [0.25, 0.3) is 0 Å². The van der Waals surface area contributed by atoms with Gasteiger partial charge in [0.1, 0.15) is 5.82 Å². The van der Waals surface area contributed by atoms with Gasteiger partial charge in [0.15, 0.2) is 5.84 Å². The highest BCUT2D eigenvalue weighted by atomic mass is 19.1. The Hall–Kier alpha value is -1.82. The van der Waals surface area contributed by atoms with Crippen LogP contribution in [0.3, 0.4) is 0 Å². The Balaban J connectivity index is 2.41. The van der Waals surface area contributed by atoms with Gasteiger partial charge in [-0.15, -0.1) is 0 Å². The van der Waals surface area contributed by atoms with Crippen molar-refractivity contribution in [1.29, 1.82) is 0 Å². The Morgan fingerprint density at radius 3 is 2.63 bits per heavy atom. The Labute approximate surface area is 111 Å². The van der Waals surface area contributed by atoms with E-state index in [2.05, 4.69) is 5.16 Å². The van der Waals surface area contributed by atoms with Gasteiger partial charge in [-0.3, -0.25) is 0 Å². The van der Waals surface area contributed by atoms with E-state index in [-0.39, 0.29) is 23.6 Å². The minimum Gasteiger partial charge on any atom is -0.409 e. The molecule has 5 nitrogen and oxygen atoms in total. The van der Waals surface area contributed by atoms with E-state index in [4.69, 9.17) is 15.7 Å². The van der Waals surface area contributed by atoms with Crippen molar-refractivity contribution < 1.29 is 14.3 Å². The summed E-state index contributed by atoms with van der Waals surface area (Å²) in [6.45, 7) is 5.20. The van der Waals surface area contributed by atoms with E-state index in [0.717, 1.165) is 0 Å². The molecule has 0 radical (unpaired) electrons. The van der Waals surface area contributed by atoms with E-state index in [1.54, 1.807) is 12.1 Å². The average molecular weight is 267 g/mol. The number of morpholine rings is 1. The molecule has 1 heterocycles. The molecular weight excluding hydrogens is 249 g/mol. The molecule has 1 fully saturated rings. The highest BCUT2D eigenvalue weighted by Gasteiger charge is 2.26. The zero-order valence-electron chi connectivity index (χ0n) is 11.0. The number of nitrogens with two attached hydrogens (primary N) is 1. The van der Waals surface area contributed by atoms with Crippen LogP contribution < -0.4 is 10.6 Å². The molecule has 19 heavy (non-hydrogen) atoms. The molecular formula is C13H18FN3O2. The largest absolute Gasteiger partial charge is 0.409 e. The minimum absolute atomic E-state index is 0.0483. The van der Waals surface area contributed by atoms with Crippen LogP contribution in [0, 0.1) is 5.82 Å². The third kappa shape index (κ3) is 2.78. The second-order valence-corrected chi connectivity index (χ2v) is 4.78. The molecule has 0 aromatic heterocycles. The predicted molar refractivity (Wildman–Crippen MR) is 71.1 cm³/mol. The number of rotatable bonds is 2. The van der Waals surface area contributed by atoms with E-state index >= 15 is 0 Å². The lowest BCUT2D eigenvalue weighted by Gasteiger charge is -2.37. The summed E-state index contributed by atoms with van der Waals surface area (Å²) in [6, 6.07) is 4.68. The molecule has 2 atom stereocenters. The Bertz CT molecular complexity index is 483. The summed E-state index contributed by atoms with van der Waals surface area (Å²) in [5, 5.41) is 11.7. The zero-order chi connectivity index (χ0) is 14.0. The molecule has 1 saturated heterocycles. The molecule has 6 heteroatoms. The first kappa shape index (κ1) is 13.6. The number of amidine groups is 1. The first-order chi connectivity index (χ1) is 9.02. The van der Waals surface area contributed by atoms with Crippen molar-refractivity contribution in [2.45, 2.75) is 26.1 Å². The van der Waals surface area contributed by atoms with Crippen LogP contribution in [-0.2, 0) is 4.74 Å². The minimum atomic E-state index is -0.500. The van der Waals surface area contributed by atoms with Crippen molar-refractivity contribution in [3.8, 4) is 0 Å². The van der Waals surface area contributed by atoms with Gasteiger partial charge >= 0.3 is 0 Å². The highest BCUT2D eigenvalue weighted by molar-refractivity contribution is 6.02. The highest BCUT2D eigenvalue weighted by Crippen LogP contribution is 2.26. The average Bonchev–Trinajstić information content (AvgIpc) is 2.36. The van der Waals surface area contributed by atoms with Crippen LogP contribution in [0.15, 0.2) is 23.4 Å². The van der Waals surface area contributed by atoms with Crippen LogP contribution in [0.1, 0.15) is 19.4 Å². The Kier molecular flexibility index (Phi) is 3.90. The van der Waals surface area contributed by atoms with Gasteiger partial charge in [-0.25, -0.2) is 4.39 Å². The molecule has 1 aromatic carbocycles. The van der Waals surface area contributed by atoms with Crippen LogP contribution >= 0.6 is 0 Å². The molecule has 0 saturated carbocycles. The molecule has 3 N–H and O–H groups in total. The van der Waals surface area contributed by atoms with E-state index in [1.165, 1.54) is 6.07 Å². The third-order valence-electron chi connectivity index (χ3n) is 3.12. The maximum Gasteiger partial charge on any atom is 0.175 e. The molecule has 104 valence electrons. The zero-order valence-corrected chi connectivity index (χ0v) is 11.0. The van der Waals surface area contributed by atoms with E-state index in [1.807, 2.05) is 18.7 Å². The number of hydrogen-bond acceptors (Lipinski definition) is 4. The maximum absolute atomic E-state index is 13.9. The number of oxime groups is 1. The molecule has 0 bridgehead atoms. The van der Waals surface area contributed by atoms with Gasteiger partial charge in [0, 0.05) is 13.1 Å². The Morgan fingerprint density at radius 1 is 1.42 bits per heavy atom. The van der Waals surface area contributed by atoms with Crippen molar-refractivity contribution >= 4 is 11.5 Å². The second-order valence-electron chi connectivity index (χ2n) is 4.78. The number of ether oxygens (including phenoxy) is 1. The summed E-state index contributed by atoms with van der Waals surface area (Å²) >= 11 is 0. The number of benzene rings is 1. The standard InChI is InChI=1S/C13H18FN3O2/c1-8-6-17(7-9(2)19-8)11-5-3-4-10(14)12(11)13(15)16-18/h3-5,8-9,18H,6-7H2,1-2H3,(H2,15,16). The molecule has 0 aliphatic carbocycles. The summed E-state index contributed by atoms with van der Waals surface area (Å²) < 4.78 is 19.6. The smallest absolute Gasteiger partial charge is 0.175 e. The SMILES string of the molecule is CC1CN(c2cccc(F)c2C(N)=NO)CC(C)O1. The van der Waals surface area contributed by atoms with Crippen LogP contribution in [-0.4, -0.2) is 36.3 Å². The summed E-state index contributed by atoms with van der Waals surface area (Å²) in [5.74, 6) is -0.723. The summed E-state index contributed by atoms with van der Waals surface area (Å²) in [5.41, 5.74) is 6.33. The molecule has 1 aliphatic rings. The number of halogens is 1. The van der Waals surface area contributed by atoms with Gasteiger partial charge in [-0.05, 0) is 26.0 Å². The molecule has 0 amide bonds. The third-order valence-corrected chi connectivity index (χ3v) is 3.12. The number of hydrogen-bond donors (Lipinski definition) is 2. The summed E-state index contributed by atoms with van der Waals surface area (Å²) in [7, 11) is 0. The molecule has 1 aliphatic heterocycles. The van der Waals surface area contributed by atoms with Crippen molar-refractivity contribution in [3.63, 3.8) is 0 Å². The quantitative estimate of drug-likeness (QED) is 0.369. The van der Waals surface area contributed by atoms with Gasteiger partial charge in [0.2, 0.25) is 0 Å². The molecule has 2 unspecified atom stereocenters. The Morgan fingerprint density at radius 2 is 2.05 bits per heavy atom. The fourth-order valence-electron chi connectivity index (χ4n) is 2.45. The van der Waals surface area contributed by atoms with Crippen LogP contribution in [0.5, 0.6) is 0 Å². The van der Waals surface area contributed by atoms with Gasteiger partial charge in [0.05, 0.1) is 23.5 Å². The lowest BCUT2D eigenvalue weighted by molar-refractivity contribution is -0.00524. The normalized spacial score (nSPS) is 24.6. The maximum atomic E-state index is 13.9. The van der Waals surface area contributed by atoms with Crippen molar-refractivity contribution in [1.82, 2.24) is 0 Å². The lowest BCUT2D eigenvalue weighted by atomic mass is 10.1. The van der Waals surface area contributed by atoms with Gasteiger partial charge in [-0.1, -0.05) is 11.2 Å². The van der Waals surface area contributed by atoms with Gasteiger partial charge < -0.3 is 20.6 Å². The first-order valence-electron chi connectivity index (χ1n) is 6.19. The van der Waals surface area contributed by atoms with Gasteiger partial charge in [0.25, 0.3) is 0 Å². The summed E-state index contributed by atoms with van der Waals surface area (Å²) in [4.78, 5) is 2.00. The number of anilines is 1. The summed E-state index contributed by atoms with van der Waals surface area (Å²) in [6.07, 6.45) is 0.0966. The molecule has 2 rings (SSSR count). The fourth-order valence-corrected chi connectivity index (χ4v) is 2.45. The van der Waals surface area contributed by atoms with E-state index in [0.29, 0.717) is 18.8 Å². The van der Waals surface area contributed by atoms with Crippen molar-refractivity contribution in [3.05, 3.63) is 29.6 Å². The topological polar surface area (TPSA) is 71.1 Å².